The molecule has 0 aliphatic heterocycles. The van der Waals surface area contributed by atoms with Crippen LogP contribution in [0.3, 0.4) is 0 Å². The molecule has 1 atom stereocenters. The van der Waals surface area contributed by atoms with Crippen molar-refractivity contribution < 1.29 is 9.59 Å². The fourth-order valence-corrected chi connectivity index (χ4v) is 1.90. The molecule has 98 valence electrons. The van der Waals surface area contributed by atoms with Crippen LogP contribution in [-0.4, -0.2) is 17.9 Å². The summed E-state index contributed by atoms with van der Waals surface area (Å²) in [5, 5.41) is 2.64. The zero-order chi connectivity index (χ0) is 13.9. The molecule has 1 unspecified atom stereocenters. The molecule has 5 heteroatoms. The van der Waals surface area contributed by atoms with Crippen molar-refractivity contribution in [3.8, 4) is 0 Å². The van der Waals surface area contributed by atoms with Gasteiger partial charge in [-0.1, -0.05) is 35.8 Å². The second-order valence-electron chi connectivity index (χ2n) is 4.56. The number of amides is 2. The number of rotatable bonds is 4. The van der Waals surface area contributed by atoms with Gasteiger partial charge in [-0.2, -0.15) is 0 Å². The number of nitrogens with two attached hydrogens (primary N) is 1. The van der Waals surface area contributed by atoms with Gasteiger partial charge in [0, 0.05) is 10.0 Å². The predicted molar refractivity (Wildman–Crippen MR) is 74.2 cm³/mol. The van der Waals surface area contributed by atoms with E-state index in [2.05, 4.69) is 21.2 Å². The van der Waals surface area contributed by atoms with E-state index in [1.165, 1.54) is 0 Å². The highest BCUT2D eigenvalue weighted by molar-refractivity contribution is 9.10. The minimum atomic E-state index is -0.655. The average molecular weight is 313 g/mol. The maximum atomic E-state index is 12.0. The van der Waals surface area contributed by atoms with Gasteiger partial charge < -0.3 is 11.1 Å². The quantitative estimate of drug-likeness (QED) is 0.892. The fourth-order valence-electron chi connectivity index (χ4n) is 1.52. The number of primary amides is 1. The van der Waals surface area contributed by atoms with Crippen molar-refractivity contribution >= 4 is 27.7 Å². The summed E-state index contributed by atoms with van der Waals surface area (Å²) in [6.07, 6.45) is 0. The Bertz CT molecular complexity index is 472. The van der Waals surface area contributed by atoms with Crippen LogP contribution in [0.15, 0.2) is 22.7 Å². The lowest BCUT2D eigenvalue weighted by atomic mass is 10.0. The van der Waals surface area contributed by atoms with Crippen LogP contribution in [0.25, 0.3) is 0 Å². The van der Waals surface area contributed by atoms with Crippen LogP contribution in [0.5, 0.6) is 0 Å². The number of carbonyl (C=O) groups is 2. The van der Waals surface area contributed by atoms with Crippen molar-refractivity contribution in [3.05, 3.63) is 33.8 Å². The smallest absolute Gasteiger partial charge is 0.251 e. The van der Waals surface area contributed by atoms with E-state index >= 15 is 0 Å². The molecule has 0 saturated heterocycles. The first-order chi connectivity index (χ1) is 8.32. The number of aryl methyl sites for hydroxylation is 1. The van der Waals surface area contributed by atoms with Crippen LogP contribution in [0.4, 0.5) is 0 Å². The summed E-state index contributed by atoms with van der Waals surface area (Å²) in [6, 6.07) is 4.63. The van der Waals surface area contributed by atoms with E-state index in [-0.39, 0.29) is 11.8 Å². The number of carbonyl (C=O) groups excluding carboxylic acids is 2. The van der Waals surface area contributed by atoms with E-state index < -0.39 is 11.9 Å². The topological polar surface area (TPSA) is 72.2 Å². The summed E-state index contributed by atoms with van der Waals surface area (Å²) in [6.45, 7) is 5.60. The van der Waals surface area contributed by atoms with E-state index in [0.29, 0.717) is 5.56 Å². The molecule has 1 aromatic rings. The van der Waals surface area contributed by atoms with Gasteiger partial charge in [-0.05, 0) is 30.5 Å². The van der Waals surface area contributed by atoms with Crippen molar-refractivity contribution in [1.29, 1.82) is 0 Å². The number of hydrogen-bond donors (Lipinski definition) is 2. The zero-order valence-electron chi connectivity index (χ0n) is 10.7. The van der Waals surface area contributed by atoms with E-state index in [1.807, 2.05) is 26.8 Å². The molecule has 0 aromatic heterocycles. The first-order valence-corrected chi connectivity index (χ1v) is 6.48. The first-order valence-electron chi connectivity index (χ1n) is 5.69. The van der Waals surface area contributed by atoms with Gasteiger partial charge in [0.15, 0.2) is 0 Å². The molecule has 3 N–H and O–H groups in total. The third kappa shape index (κ3) is 3.57. The number of halogens is 1. The highest BCUT2D eigenvalue weighted by Crippen LogP contribution is 2.17. The zero-order valence-corrected chi connectivity index (χ0v) is 12.2. The van der Waals surface area contributed by atoms with Crippen molar-refractivity contribution in [2.75, 3.05) is 0 Å². The van der Waals surface area contributed by atoms with Gasteiger partial charge >= 0.3 is 0 Å². The van der Waals surface area contributed by atoms with Crippen LogP contribution < -0.4 is 11.1 Å². The Morgan fingerprint density at radius 3 is 2.39 bits per heavy atom. The van der Waals surface area contributed by atoms with Gasteiger partial charge in [0.1, 0.15) is 6.04 Å². The molecule has 0 heterocycles. The number of benzene rings is 1. The van der Waals surface area contributed by atoms with Gasteiger partial charge in [-0.25, -0.2) is 0 Å². The summed E-state index contributed by atoms with van der Waals surface area (Å²) in [7, 11) is 0. The molecular formula is C13H17BrN2O2. The number of nitrogens with one attached hydrogen (secondary N) is 1. The van der Waals surface area contributed by atoms with Gasteiger partial charge in [-0.15, -0.1) is 0 Å². The van der Waals surface area contributed by atoms with E-state index in [9.17, 15) is 9.59 Å². The van der Waals surface area contributed by atoms with Crippen molar-refractivity contribution in [3.63, 3.8) is 0 Å². The summed E-state index contributed by atoms with van der Waals surface area (Å²) in [5.41, 5.74) is 6.80. The van der Waals surface area contributed by atoms with Crippen LogP contribution >= 0.6 is 15.9 Å². The maximum Gasteiger partial charge on any atom is 0.251 e. The van der Waals surface area contributed by atoms with Gasteiger partial charge in [0.2, 0.25) is 5.91 Å². The molecular weight excluding hydrogens is 296 g/mol. The van der Waals surface area contributed by atoms with Gasteiger partial charge in [0.05, 0.1) is 0 Å². The van der Waals surface area contributed by atoms with E-state index in [0.717, 1.165) is 10.0 Å². The Labute approximate surface area is 115 Å². The molecule has 1 aromatic carbocycles. The van der Waals surface area contributed by atoms with Gasteiger partial charge in [-0.3, -0.25) is 9.59 Å². The molecule has 0 saturated carbocycles. The van der Waals surface area contributed by atoms with Gasteiger partial charge in [0.25, 0.3) is 5.91 Å². The molecule has 4 nitrogen and oxygen atoms in total. The minimum Gasteiger partial charge on any atom is -0.368 e. The van der Waals surface area contributed by atoms with E-state index in [4.69, 9.17) is 5.73 Å². The molecule has 0 radical (unpaired) electrons. The monoisotopic (exact) mass is 312 g/mol. The van der Waals surface area contributed by atoms with E-state index in [1.54, 1.807) is 12.1 Å². The van der Waals surface area contributed by atoms with Crippen LogP contribution in [-0.2, 0) is 4.79 Å². The highest BCUT2D eigenvalue weighted by Gasteiger charge is 2.22. The second-order valence-corrected chi connectivity index (χ2v) is 5.42. The lowest BCUT2D eigenvalue weighted by molar-refractivity contribution is -0.120. The fraction of sp³-hybridized carbons (Fsp3) is 0.385. The third-order valence-electron chi connectivity index (χ3n) is 2.69. The summed E-state index contributed by atoms with van der Waals surface area (Å²) in [4.78, 5) is 23.2. The molecule has 2 amide bonds. The Hall–Kier alpha value is -1.36. The van der Waals surface area contributed by atoms with Crippen molar-refractivity contribution in [2.24, 2.45) is 11.7 Å². The average Bonchev–Trinajstić information content (AvgIpc) is 2.28. The summed E-state index contributed by atoms with van der Waals surface area (Å²) < 4.78 is 0.857. The molecule has 0 bridgehead atoms. The lowest BCUT2D eigenvalue weighted by Crippen LogP contribution is -2.47. The van der Waals surface area contributed by atoms with Crippen molar-refractivity contribution in [1.82, 2.24) is 5.32 Å². The summed E-state index contributed by atoms with van der Waals surface area (Å²) >= 11 is 3.37. The van der Waals surface area contributed by atoms with Crippen molar-refractivity contribution in [2.45, 2.75) is 26.8 Å². The molecule has 1 rings (SSSR count). The second kappa shape index (κ2) is 6.00. The molecule has 0 aliphatic carbocycles. The van der Waals surface area contributed by atoms with Crippen LogP contribution in [0.2, 0.25) is 0 Å². The molecule has 0 fully saturated rings. The van der Waals surface area contributed by atoms with Crippen LogP contribution in [0.1, 0.15) is 29.8 Å². The summed E-state index contributed by atoms with van der Waals surface area (Å²) in [5.74, 6) is -0.863. The molecule has 0 aliphatic rings. The predicted octanol–water partition coefficient (Wildman–Crippen LogP) is 2.00. The first kappa shape index (κ1) is 14.7. The number of hydrogen-bond acceptors (Lipinski definition) is 2. The Kier molecular flexibility index (Phi) is 4.90. The largest absolute Gasteiger partial charge is 0.368 e. The Morgan fingerprint density at radius 1 is 1.33 bits per heavy atom. The van der Waals surface area contributed by atoms with Crippen LogP contribution in [0, 0.1) is 12.8 Å². The lowest BCUT2D eigenvalue weighted by Gasteiger charge is -2.19. The standard InChI is InChI=1S/C13H17BrN2O2/c1-7(2)11(12(15)17)16-13(18)9-5-4-8(3)10(14)6-9/h4-7,11H,1-3H3,(H2,15,17)(H,16,18). The highest BCUT2D eigenvalue weighted by atomic mass is 79.9. The normalized spacial score (nSPS) is 12.3. The Balaban J connectivity index is 2.87. The third-order valence-corrected chi connectivity index (χ3v) is 3.55. The molecule has 0 spiro atoms. The molecule has 18 heavy (non-hydrogen) atoms. The SMILES string of the molecule is Cc1ccc(C(=O)NC(C(N)=O)C(C)C)cc1Br. The Morgan fingerprint density at radius 2 is 1.94 bits per heavy atom. The maximum absolute atomic E-state index is 12.0. The minimum absolute atomic E-state index is 0.0414.